The molecule has 0 aliphatic heterocycles. The van der Waals surface area contributed by atoms with Gasteiger partial charge in [0.2, 0.25) is 0 Å². The van der Waals surface area contributed by atoms with Gasteiger partial charge >= 0.3 is 0 Å². The van der Waals surface area contributed by atoms with Crippen LogP contribution < -0.4 is 0 Å². The molecule has 0 bridgehead atoms. The molecular formula is C25H44O4Si2. The topological polar surface area (TPSA) is 55.8 Å². The highest BCUT2D eigenvalue weighted by atomic mass is 28.4. The summed E-state index contributed by atoms with van der Waals surface area (Å²) in [6.45, 7) is 14.5. The maximum Gasteiger partial charge on any atom is 0.184 e. The molecular weight excluding hydrogens is 420 g/mol. The Balaban J connectivity index is 1.73. The van der Waals surface area contributed by atoms with E-state index in [1.165, 1.54) is 0 Å². The lowest BCUT2D eigenvalue weighted by molar-refractivity contribution is -0.137. The van der Waals surface area contributed by atoms with Crippen LogP contribution in [0.15, 0.2) is 11.6 Å². The van der Waals surface area contributed by atoms with Crippen LogP contribution in [0.4, 0.5) is 0 Å². The Labute approximate surface area is 195 Å². The summed E-state index contributed by atoms with van der Waals surface area (Å²) in [7, 11) is -3.88. The van der Waals surface area contributed by atoms with Gasteiger partial charge in [-0.05, 0) is 102 Å². The summed E-state index contributed by atoms with van der Waals surface area (Å²) in [6, 6.07) is 0. The van der Waals surface area contributed by atoms with Crippen LogP contribution in [0, 0.1) is 28.6 Å². The number of carbonyl (C=O) groups is 1. The van der Waals surface area contributed by atoms with Crippen LogP contribution >= 0.6 is 0 Å². The standard InChI is InChI=1S/C25H44O4Si2/c1-24-12-11-20-19(21(24)15-22(23(24)27)29-31(5,6)7)9-8-17-14-18(28-30(2,3)4)10-13-25(17,20)16-26/h8,18-22,26H,9-16H2,1-7H3/t18-,19+,20-,21-,22+,24-,25+/m0/s1/i9D2,22D. The number of fused-ring (bicyclic) bond motifs is 5. The summed E-state index contributed by atoms with van der Waals surface area (Å²) in [6.07, 6.45) is 2.59. The van der Waals surface area contributed by atoms with Crippen molar-refractivity contribution in [1.29, 1.82) is 0 Å². The van der Waals surface area contributed by atoms with E-state index in [4.69, 9.17) is 13.0 Å². The lowest BCUT2D eigenvalue weighted by atomic mass is 9.47. The number of Topliss-reactive ketones (excluding diaryl/α,β-unsaturated/α-hetero) is 1. The Bertz CT molecular complexity index is 882. The fraction of sp³-hybridized carbons (Fsp3) is 0.880. The van der Waals surface area contributed by atoms with E-state index in [2.05, 4.69) is 19.6 Å². The molecule has 176 valence electrons. The molecule has 4 aliphatic carbocycles. The van der Waals surface area contributed by atoms with Crippen molar-refractivity contribution in [3.63, 3.8) is 0 Å². The average Bonchev–Trinajstić information content (AvgIpc) is 2.85. The highest BCUT2D eigenvalue weighted by Gasteiger charge is 2.62. The minimum absolute atomic E-state index is 0.00451. The Morgan fingerprint density at radius 2 is 1.81 bits per heavy atom. The third-order valence-corrected chi connectivity index (χ3v) is 10.1. The van der Waals surface area contributed by atoms with Gasteiger partial charge in [-0.15, -0.1) is 0 Å². The second-order valence-corrected chi connectivity index (χ2v) is 21.5. The number of aliphatic hydroxyl groups excluding tert-OH is 1. The predicted molar refractivity (Wildman–Crippen MR) is 130 cm³/mol. The average molecular weight is 468 g/mol. The molecule has 7 atom stereocenters. The van der Waals surface area contributed by atoms with Crippen LogP contribution in [0.3, 0.4) is 0 Å². The minimum atomic E-state index is -2.15. The third-order valence-electron chi connectivity index (χ3n) is 8.23. The normalized spacial score (nSPS) is 48.6. The number of allylic oxidation sites excluding steroid dienone is 1. The fourth-order valence-electron chi connectivity index (χ4n) is 6.90. The second-order valence-electron chi connectivity index (χ2n) is 12.6. The predicted octanol–water partition coefficient (Wildman–Crippen LogP) is 5.54. The van der Waals surface area contributed by atoms with Crippen molar-refractivity contribution in [3.05, 3.63) is 11.6 Å². The van der Waals surface area contributed by atoms with E-state index in [0.717, 1.165) is 18.4 Å². The molecule has 0 heterocycles. The molecule has 0 unspecified atom stereocenters. The van der Waals surface area contributed by atoms with E-state index >= 15 is 0 Å². The first-order valence-electron chi connectivity index (χ1n) is 13.6. The van der Waals surface area contributed by atoms with Gasteiger partial charge in [-0.1, -0.05) is 18.6 Å². The number of ketones is 1. The van der Waals surface area contributed by atoms with E-state index in [9.17, 15) is 9.90 Å². The summed E-state index contributed by atoms with van der Waals surface area (Å²) < 4.78 is 40.0. The van der Waals surface area contributed by atoms with Gasteiger partial charge in [0.05, 0.1) is 7.98 Å². The zero-order chi connectivity index (χ0) is 25.5. The lowest BCUT2D eigenvalue weighted by Crippen LogP contribution is -2.53. The molecule has 4 aliphatic rings. The zero-order valence-corrected chi connectivity index (χ0v) is 22.5. The summed E-state index contributed by atoms with van der Waals surface area (Å²) in [5.74, 6) is -0.875. The fourth-order valence-corrected chi connectivity index (χ4v) is 9.02. The van der Waals surface area contributed by atoms with Gasteiger partial charge in [0.25, 0.3) is 0 Å². The van der Waals surface area contributed by atoms with E-state index in [0.29, 0.717) is 19.3 Å². The van der Waals surface area contributed by atoms with Gasteiger partial charge in [0, 0.05) is 19.7 Å². The first-order chi connectivity index (χ1) is 15.4. The molecule has 0 aromatic rings. The van der Waals surface area contributed by atoms with E-state index in [-0.39, 0.29) is 36.8 Å². The number of rotatable bonds is 5. The monoisotopic (exact) mass is 467 g/mol. The van der Waals surface area contributed by atoms with Gasteiger partial charge in [0.15, 0.2) is 22.4 Å². The number of hydrogen-bond donors (Lipinski definition) is 1. The van der Waals surface area contributed by atoms with Crippen LogP contribution in [0.2, 0.25) is 39.3 Å². The number of hydrogen-bond acceptors (Lipinski definition) is 4. The Hall–Kier alpha value is -0.276. The molecule has 0 radical (unpaired) electrons. The maximum atomic E-state index is 13.7. The first-order valence-corrected chi connectivity index (χ1v) is 18.9. The SMILES string of the molecule is [2H]C1([2H])C=C2C[C@@H](O[Si](C)(C)C)CC[C@]2(CO)[C@H]2CC[C@]3(C)C(=O)[C@]([2H])(O[Si](C)(C)C)C[C@H]3[C@@H]21. The van der Waals surface area contributed by atoms with Gasteiger partial charge in [-0.3, -0.25) is 4.79 Å². The van der Waals surface area contributed by atoms with Crippen molar-refractivity contribution in [2.45, 2.75) is 103 Å². The van der Waals surface area contributed by atoms with E-state index in [1.54, 1.807) is 6.08 Å². The smallest absolute Gasteiger partial charge is 0.184 e. The van der Waals surface area contributed by atoms with Crippen molar-refractivity contribution < 1.29 is 22.9 Å². The van der Waals surface area contributed by atoms with Crippen molar-refractivity contribution in [3.8, 4) is 0 Å². The lowest BCUT2D eigenvalue weighted by Gasteiger charge is -2.57. The summed E-state index contributed by atoms with van der Waals surface area (Å²) >= 11 is 0. The molecule has 0 aromatic heterocycles. The van der Waals surface area contributed by atoms with Crippen molar-refractivity contribution in [1.82, 2.24) is 0 Å². The van der Waals surface area contributed by atoms with Gasteiger partial charge in [0.1, 0.15) is 6.08 Å². The van der Waals surface area contributed by atoms with E-state index < -0.39 is 45.8 Å². The van der Waals surface area contributed by atoms with Crippen LogP contribution in [-0.4, -0.2) is 46.3 Å². The summed E-state index contributed by atoms with van der Waals surface area (Å²) in [4.78, 5) is 13.7. The molecule has 4 rings (SSSR count). The van der Waals surface area contributed by atoms with Crippen molar-refractivity contribution >= 4 is 22.4 Å². The number of carbonyl (C=O) groups excluding carboxylic acids is 1. The van der Waals surface area contributed by atoms with Crippen LogP contribution in [0.5, 0.6) is 0 Å². The molecule has 31 heavy (non-hydrogen) atoms. The van der Waals surface area contributed by atoms with E-state index in [1.807, 2.05) is 26.6 Å². The van der Waals surface area contributed by atoms with Crippen LogP contribution in [-0.2, 0) is 13.6 Å². The maximum absolute atomic E-state index is 13.7. The molecule has 0 saturated heterocycles. The molecule has 0 spiro atoms. The van der Waals surface area contributed by atoms with Crippen molar-refractivity contribution in [2.75, 3.05) is 6.61 Å². The first kappa shape index (κ1) is 20.1. The van der Waals surface area contributed by atoms with Gasteiger partial charge in [-0.25, -0.2) is 0 Å². The van der Waals surface area contributed by atoms with Crippen molar-refractivity contribution in [2.24, 2.45) is 28.6 Å². The quantitative estimate of drug-likeness (QED) is 0.426. The summed E-state index contributed by atoms with van der Waals surface area (Å²) in [5, 5.41) is 10.8. The largest absolute Gasteiger partial charge is 0.414 e. The Kier molecular flexibility index (Phi) is 5.13. The molecule has 6 heteroatoms. The minimum Gasteiger partial charge on any atom is -0.414 e. The molecule has 3 fully saturated rings. The number of aliphatic hydroxyl groups is 1. The highest BCUT2D eigenvalue weighted by Crippen LogP contribution is 2.64. The van der Waals surface area contributed by atoms with Gasteiger partial charge < -0.3 is 14.0 Å². The molecule has 3 saturated carbocycles. The molecule has 1 N–H and O–H groups in total. The van der Waals surface area contributed by atoms with Crippen LogP contribution in [0.1, 0.15) is 55.9 Å². The zero-order valence-electron chi connectivity index (χ0n) is 23.5. The molecule has 0 amide bonds. The molecule has 0 aromatic carbocycles. The Morgan fingerprint density at radius 1 is 1.13 bits per heavy atom. The Morgan fingerprint density at radius 3 is 2.42 bits per heavy atom. The third kappa shape index (κ3) is 4.20. The highest BCUT2D eigenvalue weighted by molar-refractivity contribution is 6.70. The second kappa shape index (κ2) is 7.90. The summed E-state index contributed by atoms with van der Waals surface area (Å²) in [5.41, 5.74) is -0.192. The molecule has 4 nitrogen and oxygen atoms in total. The van der Waals surface area contributed by atoms with Gasteiger partial charge in [-0.2, -0.15) is 0 Å². The van der Waals surface area contributed by atoms with Crippen LogP contribution in [0.25, 0.3) is 0 Å².